The van der Waals surface area contributed by atoms with Crippen LogP contribution in [0.5, 0.6) is 0 Å². The molecule has 0 N–H and O–H groups in total. The second-order valence-corrected chi connectivity index (χ2v) is 4.85. The first-order valence-electron chi connectivity index (χ1n) is 5.38. The second kappa shape index (κ2) is 3.22. The summed E-state index contributed by atoms with van der Waals surface area (Å²) in [7, 11) is 1.65. The zero-order valence-corrected chi connectivity index (χ0v) is 9.70. The molecule has 0 aromatic heterocycles. The lowest BCUT2D eigenvalue weighted by Gasteiger charge is -2.46. The molecule has 1 aliphatic carbocycles. The van der Waals surface area contributed by atoms with Crippen LogP contribution in [0.2, 0.25) is 5.02 Å². The van der Waals surface area contributed by atoms with Crippen molar-refractivity contribution in [3.63, 3.8) is 0 Å². The van der Waals surface area contributed by atoms with Gasteiger partial charge in [0.1, 0.15) is 0 Å². The molecule has 4 heteroatoms. The lowest BCUT2D eigenvalue weighted by molar-refractivity contribution is -0.310. The van der Waals surface area contributed by atoms with E-state index in [0.29, 0.717) is 10.9 Å². The van der Waals surface area contributed by atoms with Gasteiger partial charge in [0.25, 0.3) is 5.91 Å². The minimum atomic E-state index is -0.723. The molecule has 1 aromatic carbocycles. The molecule has 1 saturated heterocycles. The van der Waals surface area contributed by atoms with Crippen LogP contribution in [-0.4, -0.2) is 18.0 Å². The Morgan fingerprint density at radius 3 is 2.44 bits per heavy atom. The molecule has 3 rings (SSSR count). The number of hydrogen-bond acceptors (Lipinski definition) is 2. The smallest absolute Gasteiger partial charge is 0.269 e. The third-order valence-electron chi connectivity index (χ3n) is 3.31. The molecular formula is C12H12ClNO2. The number of halogens is 1. The standard InChI is InChI=1S/C12H12ClNO2/c1-14-11(15)12(16-14,8-2-3-8)9-4-6-10(13)7-5-9/h4-8H,2-3H2,1H3. The molecule has 2 fully saturated rings. The quantitative estimate of drug-likeness (QED) is 0.790. The van der Waals surface area contributed by atoms with E-state index in [1.807, 2.05) is 12.1 Å². The normalized spacial score (nSPS) is 29.1. The Bertz CT molecular complexity index is 441. The van der Waals surface area contributed by atoms with Crippen LogP contribution in [0.3, 0.4) is 0 Å². The van der Waals surface area contributed by atoms with Crippen LogP contribution in [0.4, 0.5) is 0 Å². The Balaban J connectivity index is 2.01. The first kappa shape index (κ1) is 10.1. The van der Waals surface area contributed by atoms with E-state index in [9.17, 15) is 4.79 Å². The van der Waals surface area contributed by atoms with Gasteiger partial charge in [-0.2, -0.15) is 0 Å². The van der Waals surface area contributed by atoms with E-state index in [1.54, 1.807) is 19.2 Å². The highest BCUT2D eigenvalue weighted by atomic mass is 35.5. The summed E-state index contributed by atoms with van der Waals surface area (Å²) in [4.78, 5) is 17.6. The van der Waals surface area contributed by atoms with E-state index in [2.05, 4.69) is 0 Å². The summed E-state index contributed by atoms with van der Waals surface area (Å²) in [5.74, 6) is 0.384. The lowest BCUT2D eigenvalue weighted by atomic mass is 9.85. The number of hydroxylamine groups is 2. The maximum Gasteiger partial charge on any atom is 0.285 e. The lowest BCUT2D eigenvalue weighted by Crippen LogP contribution is -2.61. The van der Waals surface area contributed by atoms with Crippen molar-refractivity contribution >= 4 is 17.5 Å². The molecule has 3 nitrogen and oxygen atoms in total. The molecule has 1 amide bonds. The Morgan fingerprint density at radius 2 is 2.00 bits per heavy atom. The Morgan fingerprint density at radius 1 is 1.38 bits per heavy atom. The average molecular weight is 238 g/mol. The van der Waals surface area contributed by atoms with Gasteiger partial charge in [0.05, 0.1) is 0 Å². The monoisotopic (exact) mass is 237 g/mol. The fraction of sp³-hybridized carbons (Fsp3) is 0.417. The van der Waals surface area contributed by atoms with Crippen LogP contribution in [0.15, 0.2) is 24.3 Å². The van der Waals surface area contributed by atoms with Crippen molar-refractivity contribution in [1.82, 2.24) is 5.06 Å². The summed E-state index contributed by atoms with van der Waals surface area (Å²) >= 11 is 5.85. The highest BCUT2D eigenvalue weighted by Crippen LogP contribution is 2.53. The van der Waals surface area contributed by atoms with Gasteiger partial charge in [-0.3, -0.25) is 4.79 Å². The summed E-state index contributed by atoms with van der Waals surface area (Å²) in [5, 5.41) is 1.99. The first-order chi connectivity index (χ1) is 7.64. The minimum absolute atomic E-state index is 0.0531. The fourth-order valence-electron chi connectivity index (χ4n) is 2.34. The van der Waals surface area contributed by atoms with Gasteiger partial charge < -0.3 is 0 Å². The van der Waals surface area contributed by atoms with Crippen molar-refractivity contribution in [2.75, 3.05) is 7.05 Å². The molecular weight excluding hydrogens is 226 g/mol. The van der Waals surface area contributed by atoms with Crippen molar-refractivity contribution in [3.05, 3.63) is 34.9 Å². The third-order valence-corrected chi connectivity index (χ3v) is 3.56. The van der Waals surface area contributed by atoms with Gasteiger partial charge in [-0.1, -0.05) is 23.7 Å². The van der Waals surface area contributed by atoms with E-state index in [-0.39, 0.29) is 5.91 Å². The number of hydrogen-bond donors (Lipinski definition) is 0. The molecule has 1 heterocycles. The van der Waals surface area contributed by atoms with E-state index < -0.39 is 5.60 Å². The average Bonchev–Trinajstić information content (AvgIpc) is 3.10. The second-order valence-electron chi connectivity index (χ2n) is 4.41. The SMILES string of the molecule is CN1OC(c2ccc(Cl)cc2)(C2CC2)C1=O. The molecule has 0 bridgehead atoms. The summed E-state index contributed by atoms with van der Waals surface area (Å²) in [6, 6.07) is 7.36. The van der Waals surface area contributed by atoms with Gasteiger partial charge in [0, 0.05) is 18.0 Å². The maximum atomic E-state index is 12.0. The molecule has 1 saturated carbocycles. The van der Waals surface area contributed by atoms with Crippen LogP contribution in [-0.2, 0) is 15.2 Å². The number of nitrogens with zero attached hydrogens (tertiary/aromatic N) is 1. The van der Waals surface area contributed by atoms with Crippen molar-refractivity contribution < 1.29 is 9.63 Å². The highest BCUT2D eigenvalue weighted by molar-refractivity contribution is 6.30. The molecule has 84 valence electrons. The van der Waals surface area contributed by atoms with Gasteiger partial charge in [-0.25, -0.2) is 9.90 Å². The van der Waals surface area contributed by atoms with Crippen molar-refractivity contribution in [2.45, 2.75) is 18.4 Å². The Labute approximate surface area is 98.9 Å². The predicted molar refractivity (Wildman–Crippen MR) is 59.7 cm³/mol. The fourth-order valence-corrected chi connectivity index (χ4v) is 2.47. The summed E-state index contributed by atoms with van der Waals surface area (Å²) in [6.07, 6.45) is 2.12. The molecule has 0 radical (unpaired) electrons. The predicted octanol–water partition coefficient (Wildman–Crippen LogP) is 2.35. The van der Waals surface area contributed by atoms with Crippen LogP contribution in [0.1, 0.15) is 18.4 Å². The molecule has 16 heavy (non-hydrogen) atoms. The van der Waals surface area contributed by atoms with Gasteiger partial charge in [-0.15, -0.1) is 0 Å². The van der Waals surface area contributed by atoms with Crippen LogP contribution >= 0.6 is 11.6 Å². The maximum absolute atomic E-state index is 12.0. The minimum Gasteiger partial charge on any atom is -0.269 e. The third kappa shape index (κ3) is 1.22. The van der Waals surface area contributed by atoms with Crippen LogP contribution in [0, 0.1) is 5.92 Å². The van der Waals surface area contributed by atoms with E-state index in [0.717, 1.165) is 18.4 Å². The largest absolute Gasteiger partial charge is 0.285 e. The van der Waals surface area contributed by atoms with Crippen LogP contribution < -0.4 is 0 Å². The van der Waals surface area contributed by atoms with Gasteiger partial charge >= 0.3 is 0 Å². The van der Waals surface area contributed by atoms with Crippen LogP contribution in [0.25, 0.3) is 0 Å². The van der Waals surface area contributed by atoms with Crippen molar-refractivity contribution in [3.8, 4) is 0 Å². The number of rotatable bonds is 2. The zero-order chi connectivity index (χ0) is 11.3. The number of carbonyl (C=O) groups is 1. The topological polar surface area (TPSA) is 29.5 Å². The Kier molecular flexibility index (Phi) is 2.03. The first-order valence-corrected chi connectivity index (χ1v) is 5.76. The van der Waals surface area contributed by atoms with Gasteiger partial charge in [0.2, 0.25) is 5.60 Å². The zero-order valence-electron chi connectivity index (χ0n) is 8.94. The summed E-state index contributed by atoms with van der Waals surface area (Å²) in [6.45, 7) is 0. The van der Waals surface area contributed by atoms with Gasteiger partial charge in [0.15, 0.2) is 0 Å². The van der Waals surface area contributed by atoms with Gasteiger partial charge in [-0.05, 0) is 30.5 Å². The molecule has 1 unspecified atom stereocenters. The number of carbonyl (C=O) groups excluding carboxylic acids is 1. The van der Waals surface area contributed by atoms with Crippen molar-refractivity contribution in [1.29, 1.82) is 0 Å². The molecule has 2 aliphatic rings. The number of likely N-dealkylation sites (N-methyl/N-ethyl adjacent to an activating group) is 1. The summed E-state index contributed by atoms with van der Waals surface area (Å²) < 4.78 is 0. The van der Waals surface area contributed by atoms with E-state index >= 15 is 0 Å². The van der Waals surface area contributed by atoms with E-state index in [4.69, 9.17) is 16.4 Å². The number of benzene rings is 1. The highest BCUT2D eigenvalue weighted by Gasteiger charge is 2.62. The van der Waals surface area contributed by atoms with E-state index in [1.165, 1.54) is 5.06 Å². The molecule has 1 aromatic rings. The molecule has 0 spiro atoms. The Hall–Kier alpha value is -1.06. The summed E-state index contributed by atoms with van der Waals surface area (Å²) in [5.41, 5.74) is 0.196. The van der Waals surface area contributed by atoms with Crippen molar-refractivity contribution in [2.24, 2.45) is 5.92 Å². The number of amides is 1. The molecule has 1 aliphatic heterocycles. The molecule has 1 atom stereocenters.